The lowest BCUT2D eigenvalue weighted by atomic mass is 10.2. The summed E-state index contributed by atoms with van der Waals surface area (Å²) in [6.07, 6.45) is 0.204. The van der Waals surface area contributed by atoms with E-state index in [1.165, 1.54) is 30.0 Å². The van der Waals surface area contributed by atoms with Gasteiger partial charge in [0.2, 0.25) is 0 Å². The Morgan fingerprint density at radius 2 is 1.77 bits per heavy atom. The van der Waals surface area contributed by atoms with Crippen molar-refractivity contribution in [3.05, 3.63) is 98.3 Å². The van der Waals surface area contributed by atoms with Crippen LogP contribution in [0.4, 0.5) is 4.39 Å². The summed E-state index contributed by atoms with van der Waals surface area (Å²) in [7, 11) is 1.59. The first-order valence-corrected chi connectivity index (χ1v) is 10.3. The summed E-state index contributed by atoms with van der Waals surface area (Å²) >= 11 is 1.44. The molecule has 0 atom stereocenters. The average molecular weight is 439 g/mol. The highest BCUT2D eigenvalue weighted by Gasteiger charge is 2.16. The van der Waals surface area contributed by atoms with E-state index in [-0.39, 0.29) is 12.2 Å². The van der Waals surface area contributed by atoms with Gasteiger partial charge < -0.3 is 9.72 Å². The van der Waals surface area contributed by atoms with E-state index in [1.54, 1.807) is 19.2 Å². The van der Waals surface area contributed by atoms with E-state index in [1.807, 2.05) is 28.8 Å². The Morgan fingerprint density at radius 1 is 1.03 bits per heavy atom. The van der Waals surface area contributed by atoms with Gasteiger partial charge in [-0.3, -0.25) is 14.3 Å². The highest BCUT2D eigenvalue weighted by molar-refractivity contribution is 7.98. The molecule has 0 unspecified atom stereocenters. The fraction of sp³-hybridized carbons (Fsp3) is 0.143. The minimum absolute atomic E-state index is 0.204. The van der Waals surface area contributed by atoms with Crippen molar-refractivity contribution in [3.8, 4) is 11.4 Å². The van der Waals surface area contributed by atoms with Gasteiger partial charge in [-0.05, 0) is 42.0 Å². The van der Waals surface area contributed by atoms with Crippen LogP contribution in [0.3, 0.4) is 0 Å². The van der Waals surface area contributed by atoms with Gasteiger partial charge in [0.1, 0.15) is 17.4 Å². The Labute approximate surface area is 180 Å². The first-order valence-electron chi connectivity index (χ1n) is 9.30. The quantitative estimate of drug-likeness (QED) is 0.429. The second-order valence-electron chi connectivity index (χ2n) is 6.64. The van der Waals surface area contributed by atoms with Crippen molar-refractivity contribution in [3.63, 3.8) is 0 Å². The number of aromatic amines is 2. The third kappa shape index (κ3) is 4.92. The van der Waals surface area contributed by atoms with Gasteiger partial charge in [-0.15, -0.1) is 10.2 Å². The van der Waals surface area contributed by atoms with Gasteiger partial charge >= 0.3 is 5.69 Å². The van der Waals surface area contributed by atoms with E-state index in [0.717, 1.165) is 11.3 Å². The standard InChI is InChI=1S/C21H18FN5O3S/c1-30-17-8-6-16(7-9-17)27-18(10-15-11-19(28)24-20(29)23-15)25-26-21(27)31-12-13-2-4-14(22)5-3-13/h2-9,11H,10,12H2,1H3,(H2,23,24,28,29). The van der Waals surface area contributed by atoms with E-state index in [2.05, 4.69) is 20.2 Å². The molecule has 0 saturated carbocycles. The van der Waals surface area contributed by atoms with Crippen LogP contribution in [0.15, 0.2) is 69.3 Å². The van der Waals surface area contributed by atoms with Crippen LogP contribution in [0.1, 0.15) is 17.1 Å². The van der Waals surface area contributed by atoms with Crippen molar-refractivity contribution in [2.75, 3.05) is 7.11 Å². The number of aromatic nitrogens is 5. The summed E-state index contributed by atoms with van der Waals surface area (Å²) in [6, 6.07) is 15.0. The zero-order valence-corrected chi connectivity index (χ0v) is 17.3. The van der Waals surface area contributed by atoms with Crippen molar-refractivity contribution in [1.82, 2.24) is 24.7 Å². The van der Waals surface area contributed by atoms with Gasteiger partial charge in [-0.1, -0.05) is 23.9 Å². The summed E-state index contributed by atoms with van der Waals surface area (Å²) < 4.78 is 20.3. The Bertz CT molecular complexity index is 1270. The van der Waals surface area contributed by atoms with Gasteiger partial charge in [-0.25, -0.2) is 9.18 Å². The number of benzene rings is 2. The number of hydrogen-bond donors (Lipinski definition) is 2. The van der Waals surface area contributed by atoms with Crippen LogP contribution < -0.4 is 16.0 Å². The average Bonchev–Trinajstić information content (AvgIpc) is 3.15. The van der Waals surface area contributed by atoms with E-state index < -0.39 is 11.2 Å². The number of methoxy groups -OCH3 is 1. The highest BCUT2D eigenvalue weighted by atomic mass is 32.2. The molecule has 4 rings (SSSR count). The largest absolute Gasteiger partial charge is 0.497 e. The van der Waals surface area contributed by atoms with Crippen molar-refractivity contribution >= 4 is 11.8 Å². The van der Waals surface area contributed by atoms with Gasteiger partial charge in [0.25, 0.3) is 5.56 Å². The first kappa shape index (κ1) is 20.6. The Kier molecular flexibility index (Phi) is 5.99. The number of rotatable bonds is 7. The Balaban J connectivity index is 1.69. The number of ether oxygens (including phenoxy) is 1. The Morgan fingerprint density at radius 3 is 2.45 bits per heavy atom. The van der Waals surface area contributed by atoms with Gasteiger partial charge in [0, 0.05) is 29.6 Å². The van der Waals surface area contributed by atoms with Crippen LogP contribution in [0.25, 0.3) is 5.69 Å². The zero-order valence-electron chi connectivity index (χ0n) is 16.5. The summed E-state index contributed by atoms with van der Waals surface area (Å²) in [5, 5.41) is 9.21. The predicted molar refractivity (Wildman–Crippen MR) is 114 cm³/mol. The minimum Gasteiger partial charge on any atom is -0.497 e. The maximum Gasteiger partial charge on any atom is 0.325 e. The molecule has 2 aromatic carbocycles. The molecule has 0 spiro atoms. The number of H-pyrrole nitrogens is 2. The lowest BCUT2D eigenvalue weighted by Gasteiger charge is -2.11. The maximum atomic E-state index is 13.2. The van der Waals surface area contributed by atoms with Gasteiger partial charge in [0.05, 0.1) is 7.11 Å². The van der Waals surface area contributed by atoms with E-state index in [0.29, 0.717) is 28.2 Å². The number of halogens is 1. The fourth-order valence-electron chi connectivity index (χ4n) is 3.01. The molecule has 0 aliphatic rings. The first-order chi connectivity index (χ1) is 15.0. The smallest absolute Gasteiger partial charge is 0.325 e. The third-order valence-electron chi connectivity index (χ3n) is 4.48. The molecule has 4 aromatic rings. The van der Waals surface area contributed by atoms with Crippen LogP contribution in [-0.4, -0.2) is 31.8 Å². The molecule has 31 heavy (non-hydrogen) atoms. The zero-order chi connectivity index (χ0) is 21.8. The highest BCUT2D eigenvalue weighted by Crippen LogP contribution is 2.27. The van der Waals surface area contributed by atoms with Crippen molar-refractivity contribution in [1.29, 1.82) is 0 Å². The van der Waals surface area contributed by atoms with Crippen LogP contribution in [0, 0.1) is 5.82 Å². The molecule has 0 saturated heterocycles. The SMILES string of the molecule is COc1ccc(-n2c(Cc3cc(=O)[nH]c(=O)[nH]3)nnc2SCc2ccc(F)cc2)cc1. The van der Waals surface area contributed by atoms with E-state index in [4.69, 9.17) is 4.74 Å². The summed E-state index contributed by atoms with van der Waals surface area (Å²) in [5.41, 5.74) is 1.10. The number of thioether (sulfide) groups is 1. The van der Waals surface area contributed by atoms with E-state index >= 15 is 0 Å². The number of hydrogen-bond acceptors (Lipinski definition) is 6. The normalized spacial score (nSPS) is 10.9. The third-order valence-corrected chi connectivity index (χ3v) is 5.48. The molecule has 0 aliphatic heterocycles. The molecule has 0 radical (unpaired) electrons. The predicted octanol–water partition coefficient (Wildman–Crippen LogP) is 2.67. The molecule has 2 heterocycles. The fourth-order valence-corrected chi connectivity index (χ4v) is 3.94. The second-order valence-corrected chi connectivity index (χ2v) is 7.58. The second kappa shape index (κ2) is 9.00. The molecule has 2 aromatic heterocycles. The van der Waals surface area contributed by atoms with Crippen LogP contribution in [-0.2, 0) is 12.2 Å². The van der Waals surface area contributed by atoms with Crippen molar-refractivity contribution in [2.24, 2.45) is 0 Å². The Hall–Kier alpha value is -3.66. The number of nitrogens with zero attached hydrogens (tertiary/aromatic N) is 3. The van der Waals surface area contributed by atoms with Crippen LogP contribution in [0.5, 0.6) is 5.75 Å². The summed E-state index contributed by atoms with van der Waals surface area (Å²) in [6.45, 7) is 0. The molecule has 0 bridgehead atoms. The van der Waals surface area contributed by atoms with Crippen LogP contribution >= 0.6 is 11.8 Å². The molecule has 0 fully saturated rings. The lowest BCUT2D eigenvalue weighted by Crippen LogP contribution is -2.23. The van der Waals surface area contributed by atoms with Gasteiger partial charge in [0.15, 0.2) is 5.16 Å². The topological polar surface area (TPSA) is 106 Å². The van der Waals surface area contributed by atoms with Crippen molar-refractivity contribution < 1.29 is 9.13 Å². The molecule has 0 amide bonds. The number of nitrogens with one attached hydrogen (secondary N) is 2. The van der Waals surface area contributed by atoms with Crippen molar-refractivity contribution in [2.45, 2.75) is 17.3 Å². The molecule has 0 aliphatic carbocycles. The molecule has 2 N–H and O–H groups in total. The van der Waals surface area contributed by atoms with Crippen LogP contribution in [0.2, 0.25) is 0 Å². The minimum atomic E-state index is -0.580. The van der Waals surface area contributed by atoms with Gasteiger partial charge in [-0.2, -0.15) is 0 Å². The molecular formula is C21H18FN5O3S. The monoisotopic (exact) mass is 439 g/mol. The lowest BCUT2D eigenvalue weighted by molar-refractivity contribution is 0.414. The molecule has 10 heteroatoms. The summed E-state index contributed by atoms with van der Waals surface area (Å²) in [4.78, 5) is 28.0. The molecular weight excluding hydrogens is 421 g/mol. The molecule has 158 valence electrons. The molecule has 8 nitrogen and oxygen atoms in total. The summed E-state index contributed by atoms with van der Waals surface area (Å²) in [5.74, 6) is 1.53. The van der Waals surface area contributed by atoms with E-state index in [9.17, 15) is 14.0 Å². The maximum absolute atomic E-state index is 13.2.